The minimum atomic E-state index is -1.48. The zero-order valence-electron chi connectivity index (χ0n) is 18.8. The number of fused-ring (bicyclic) bond motifs is 1. The van der Waals surface area contributed by atoms with Gasteiger partial charge < -0.3 is 30.3 Å². The van der Waals surface area contributed by atoms with Crippen LogP contribution in [0.15, 0.2) is 10.8 Å². The molecule has 0 saturated carbocycles. The number of β-amino-alcohol motifs (C(OH)–C–C–N with tert-alkyl or cyclic N) is 1. The molecule has 0 aliphatic carbocycles. The van der Waals surface area contributed by atoms with Gasteiger partial charge in [0.05, 0.1) is 35.6 Å². The molecule has 0 bridgehead atoms. The minimum Gasteiger partial charge on any atom is -0.449 e. The number of carboxylic acid groups (broad SMARTS) is 1. The van der Waals surface area contributed by atoms with Gasteiger partial charge in [0, 0.05) is 50.4 Å². The molecule has 5 unspecified atom stereocenters. The molecule has 0 aromatic heterocycles. The number of hydrogen-bond donors (Lipinski definition) is 4. The number of ether oxygens (including phenoxy) is 1. The van der Waals surface area contributed by atoms with Crippen LogP contribution in [0.1, 0.15) is 20.3 Å². The average Bonchev–Trinajstić information content (AvgIpc) is 3.30. The number of carbonyl (C=O) groups excluding carboxylic acids is 2. The maximum atomic E-state index is 13.0. The second-order valence-corrected chi connectivity index (χ2v) is 10.5. The van der Waals surface area contributed by atoms with Crippen molar-refractivity contribution in [2.45, 2.75) is 43.7 Å². The topological polar surface area (TPSA) is 143 Å². The van der Waals surface area contributed by atoms with Crippen LogP contribution in [0, 0.1) is 11.8 Å². The lowest BCUT2D eigenvalue weighted by atomic mass is 9.79. The number of aliphatic hydroxyl groups excluding tert-OH is 2. The smallest absolute Gasteiger partial charge is 0.449 e. The molecule has 2 amide bonds. The van der Waals surface area contributed by atoms with E-state index in [2.05, 4.69) is 10.2 Å². The van der Waals surface area contributed by atoms with Crippen LogP contribution >= 0.6 is 11.8 Å². The van der Waals surface area contributed by atoms with E-state index >= 15 is 0 Å². The standard InChI is InChI=1S/C21H32N4O7S/c1-11-16-15(12(2)27)19(29)25(16)20(32-21(30)31)17(11)33-13-9-14(22-10-13)18(28)24-5-3-23(4-6-24)7-8-26/h11-16,22,26-27H,3-10H2,1-2H3,(H,30,31)/t11?,12?,13?,14?,15?,16-/m0/s1. The van der Waals surface area contributed by atoms with Crippen LogP contribution in [-0.4, -0.2) is 117 Å². The van der Waals surface area contributed by atoms with Gasteiger partial charge >= 0.3 is 6.16 Å². The second kappa shape index (κ2) is 9.79. The predicted octanol–water partition coefficient (Wildman–Crippen LogP) is -0.692. The fourth-order valence-corrected chi connectivity index (χ4v) is 6.74. The molecule has 3 saturated heterocycles. The third kappa shape index (κ3) is 4.59. The minimum absolute atomic E-state index is 0.0262. The lowest BCUT2D eigenvalue weighted by molar-refractivity contribution is -0.163. The van der Waals surface area contributed by atoms with Crippen LogP contribution in [0.3, 0.4) is 0 Å². The Balaban J connectivity index is 1.39. The van der Waals surface area contributed by atoms with Gasteiger partial charge in [-0.2, -0.15) is 0 Å². The third-order valence-electron chi connectivity index (χ3n) is 7.03. The van der Waals surface area contributed by atoms with Gasteiger partial charge in [0.15, 0.2) is 0 Å². The summed E-state index contributed by atoms with van der Waals surface area (Å²) >= 11 is 1.46. The van der Waals surface area contributed by atoms with Gasteiger partial charge in [-0.15, -0.1) is 11.8 Å². The number of thioether (sulfide) groups is 1. The molecule has 6 atom stereocenters. The molecular weight excluding hydrogens is 452 g/mol. The zero-order chi connectivity index (χ0) is 23.9. The molecule has 12 heteroatoms. The van der Waals surface area contributed by atoms with Gasteiger partial charge in [-0.1, -0.05) is 6.92 Å². The maximum Gasteiger partial charge on any atom is 0.512 e. The van der Waals surface area contributed by atoms with E-state index in [4.69, 9.17) is 9.84 Å². The Morgan fingerprint density at radius 1 is 1.27 bits per heavy atom. The van der Waals surface area contributed by atoms with Crippen LogP contribution in [0.5, 0.6) is 0 Å². The molecule has 0 radical (unpaired) electrons. The Bertz CT molecular complexity index is 829. The highest BCUT2D eigenvalue weighted by Gasteiger charge is 2.60. The summed E-state index contributed by atoms with van der Waals surface area (Å²) in [5.74, 6) is -0.972. The highest BCUT2D eigenvalue weighted by molar-refractivity contribution is 8.03. The molecule has 4 heterocycles. The van der Waals surface area contributed by atoms with Crippen molar-refractivity contribution in [1.29, 1.82) is 0 Å². The molecule has 33 heavy (non-hydrogen) atoms. The Morgan fingerprint density at radius 3 is 2.58 bits per heavy atom. The van der Waals surface area contributed by atoms with Gasteiger partial charge in [0.2, 0.25) is 17.7 Å². The van der Waals surface area contributed by atoms with Gasteiger partial charge in [0.25, 0.3) is 0 Å². The van der Waals surface area contributed by atoms with Crippen LogP contribution in [0.2, 0.25) is 0 Å². The summed E-state index contributed by atoms with van der Waals surface area (Å²) in [7, 11) is 0. The SMILES string of the molecule is CC(O)C1C(=O)N2C(OC(=O)O)=C(SC3CNC(C(=O)N4CCN(CCO)CC4)C3)C(C)[C@@H]12. The number of hydrogen-bond acceptors (Lipinski definition) is 9. The van der Waals surface area contributed by atoms with Crippen LogP contribution in [0.4, 0.5) is 4.79 Å². The molecule has 0 aromatic carbocycles. The Labute approximate surface area is 196 Å². The van der Waals surface area contributed by atoms with Crippen molar-refractivity contribution in [3.8, 4) is 0 Å². The number of β-lactam (4-membered cyclic amide) rings is 1. The van der Waals surface area contributed by atoms with Crippen LogP contribution in [0.25, 0.3) is 0 Å². The lowest BCUT2D eigenvalue weighted by Gasteiger charge is -2.45. The number of rotatable bonds is 7. The van der Waals surface area contributed by atoms with E-state index < -0.39 is 18.2 Å². The molecular formula is C21H32N4O7S. The van der Waals surface area contributed by atoms with E-state index in [1.165, 1.54) is 16.7 Å². The summed E-state index contributed by atoms with van der Waals surface area (Å²) in [5.41, 5.74) is 0. The highest BCUT2D eigenvalue weighted by Crippen LogP contribution is 2.52. The predicted molar refractivity (Wildman–Crippen MR) is 119 cm³/mol. The fourth-order valence-electron chi connectivity index (χ4n) is 5.32. The number of carbonyl (C=O) groups is 3. The average molecular weight is 485 g/mol. The first-order chi connectivity index (χ1) is 15.7. The summed E-state index contributed by atoms with van der Waals surface area (Å²) in [5, 5.41) is 31.6. The summed E-state index contributed by atoms with van der Waals surface area (Å²) < 4.78 is 5.02. The van der Waals surface area contributed by atoms with Crippen molar-refractivity contribution < 1.29 is 34.4 Å². The van der Waals surface area contributed by atoms with Gasteiger partial charge in [-0.3, -0.25) is 19.4 Å². The van der Waals surface area contributed by atoms with Gasteiger partial charge in [-0.25, -0.2) is 4.79 Å². The molecule has 4 aliphatic heterocycles. The van der Waals surface area contributed by atoms with Crippen molar-refractivity contribution in [2.24, 2.45) is 11.8 Å². The zero-order valence-corrected chi connectivity index (χ0v) is 19.7. The first kappa shape index (κ1) is 24.3. The molecule has 4 rings (SSSR count). The summed E-state index contributed by atoms with van der Waals surface area (Å²) in [6, 6.07) is -0.631. The van der Waals surface area contributed by atoms with E-state index in [0.29, 0.717) is 37.5 Å². The van der Waals surface area contributed by atoms with E-state index in [0.717, 1.165) is 13.1 Å². The second-order valence-electron chi connectivity index (χ2n) is 9.12. The number of aliphatic hydroxyl groups is 2. The quantitative estimate of drug-likeness (QED) is 0.271. The first-order valence-electron chi connectivity index (χ1n) is 11.4. The summed E-state index contributed by atoms with van der Waals surface area (Å²) in [4.78, 5) is 42.9. The Morgan fingerprint density at radius 2 is 1.97 bits per heavy atom. The molecule has 4 N–H and O–H groups in total. The maximum absolute atomic E-state index is 13.0. The molecule has 11 nitrogen and oxygen atoms in total. The monoisotopic (exact) mass is 484 g/mol. The fraction of sp³-hybridized carbons (Fsp3) is 0.762. The third-order valence-corrected chi connectivity index (χ3v) is 8.52. The van der Waals surface area contributed by atoms with Crippen molar-refractivity contribution in [3.63, 3.8) is 0 Å². The van der Waals surface area contributed by atoms with Crippen molar-refractivity contribution >= 4 is 29.7 Å². The van der Waals surface area contributed by atoms with Gasteiger partial charge in [-0.05, 0) is 13.3 Å². The molecule has 0 aromatic rings. The Kier molecular flexibility index (Phi) is 7.20. The van der Waals surface area contributed by atoms with Gasteiger partial charge in [0.1, 0.15) is 0 Å². The molecule has 0 spiro atoms. The summed E-state index contributed by atoms with van der Waals surface area (Å²) in [6.45, 7) is 7.54. The van der Waals surface area contributed by atoms with Crippen LogP contribution < -0.4 is 5.32 Å². The molecule has 4 aliphatic rings. The number of piperazine rings is 1. The largest absolute Gasteiger partial charge is 0.512 e. The van der Waals surface area contributed by atoms with E-state index in [1.54, 1.807) is 6.92 Å². The van der Waals surface area contributed by atoms with E-state index in [1.807, 2.05) is 11.8 Å². The van der Waals surface area contributed by atoms with Crippen molar-refractivity contribution in [1.82, 2.24) is 20.0 Å². The molecule has 3 fully saturated rings. The number of amides is 2. The molecule has 184 valence electrons. The highest BCUT2D eigenvalue weighted by atomic mass is 32.2. The van der Waals surface area contributed by atoms with Crippen LogP contribution in [-0.2, 0) is 14.3 Å². The van der Waals surface area contributed by atoms with Crippen molar-refractivity contribution in [3.05, 3.63) is 10.8 Å². The van der Waals surface area contributed by atoms with E-state index in [-0.39, 0.29) is 47.6 Å². The number of nitrogens with one attached hydrogen (secondary N) is 1. The van der Waals surface area contributed by atoms with E-state index in [9.17, 15) is 24.6 Å². The summed E-state index contributed by atoms with van der Waals surface area (Å²) in [6.07, 6.45) is -1.72. The normalized spacial score (nSPS) is 33.2. The first-order valence-corrected chi connectivity index (χ1v) is 12.3. The number of nitrogens with zero attached hydrogens (tertiary/aromatic N) is 3. The lowest BCUT2D eigenvalue weighted by Crippen LogP contribution is -2.63. The Hall–Kier alpha value is -1.86. The van der Waals surface area contributed by atoms with Crippen molar-refractivity contribution in [2.75, 3.05) is 45.9 Å².